The van der Waals surface area contributed by atoms with Crippen molar-refractivity contribution in [2.75, 3.05) is 11.9 Å². The Morgan fingerprint density at radius 1 is 1.29 bits per heavy atom. The third kappa shape index (κ3) is 3.45. The molecule has 4 heteroatoms. The highest BCUT2D eigenvalue weighted by molar-refractivity contribution is 7.07. The predicted octanol–water partition coefficient (Wildman–Crippen LogP) is 3.98. The average molecular weight is 300 g/mol. The Balaban J connectivity index is 1.74. The molecule has 0 spiro atoms. The molecule has 0 saturated heterocycles. The zero-order valence-electron chi connectivity index (χ0n) is 12.2. The lowest BCUT2D eigenvalue weighted by molar-refractivity contribution is 0.0730. The zero-order valence-corrected chi connectivity index (χ0v) is 13.0. The van der Waals surface area contributed by atoms with Crippen LogP contribution in [0.1, 0.15) is 35.7 Å². The number of thiophene rings is 1. The first kappa shape index (κ1) is 14.1. The minimum Gasteiger partial charge on any atom is -0.385 e. The molecule has 3 rings (SSSR count). The van der Waals surface area contributed by atoms with E-state index in [1.54, 1.807) is 11.3 Å². The third-order valence-corrected chi connectivity index (χ3v) is 4.43. The second-order valence-electron chi connectivity index (χ2n) is 5.40. The first-order chi connectivity index (χ1) is 10.3. The highest BCUT2D eigenvalue weighted by Crippen LogP contribution is 2.30. The number of carbonyl (C=O) groups excluding carboxylic acids is 1. The van der Waals surface area contributed by atoms with E-state index in [2.05, 4.69) is 29.1 Å². The zero-order chi connectivity index (χ0) is 14.7. The van der Waals surface area contributed by atoms with Gasteiger partial charge in [0.1, 0.15) is 0 Å². The van der Waals surface area contributed by atoms with Gasteiger partial charge in [-0.2, -0.15) is 11.3 Å². The molecule has 1 aliphatic rings. The van der Waals surface area contributed by atoms with Crippen molar-refractivity contribution in [1.29, 1.82) is 0 Å². The van der Waals surface area contributed by atoms with Gasteiger partial charge in [-0.15, -0.1) is 0 Å². The standard InChI is InChI=1S/C17H20N2OS/c1-2-18-15-5-3-14(4-6-15)17(20)19(16-7-8-16)11-13-9-10-21-12-13/h3-6,9-10,12,16,18H,2,7-8,11H2,1H3. The second-order valence-corrected chi connectivity index (χ2v) is 6.18. The van der Waals surface area contributed by atoms with Crippen LogP contribution >= 0.6 is 11.3 Å². The Kier molecular flexibility index (Phi) is 4.25. The lowest BCUT2D eigenvalue weighted by Gasteiger charge is -2.22. The van der Waals surface area contributed by atoms with Gasteiger partial charge in [-0.05, 0) is 66.4 Å². The van der Waals surface area contributed by atoms with E-state index in [-0.39, 0.29) is 5.91 Å². The van der Waals surface area contributed by atoms with Crippen LogP contribution in [-0.4, -0.2) is 23.4 Å². The normalized spacial score (nSPS) is 14.0. The van der Waals surface area contributed by atoms with Gasteiger partial charge in [0.05, 0.1) is 0 Å². The van der Waals surface area contributed by atoms with Crippen molar-refractivity contribution in [3.8, 4) is 0 Å². The molecule has 1 aliphatic carbocycles. The van der Waals surface area contributed by atoms with Crippen LogP contribution < -0.4 is 5.32 Å². The van der Waals surface area contributed by atoms with Gasteiger partial charge in [-0.1, -0.05) is 0 Å². The minimum absolute atomic E-state index is 0.145. The monoisotopic (exact) mass is 300 g/mol. The van der Waals surface area contributed by atoms with Crippen molar-refractivity contribution >= 4 is 22.9 Å². The highest BCUT2D eigenvalue weighted by atomic mass is 32.1. The van der Waals surface area contributed by atoms with Gasteiger partial charge in [-0.3, -0.25) is 4.79 Å². The van der Waals surface area contributed by atoms with Gasteiger partial charge in [0.15, 0.2) is 0 Å². The van der Waals surface area contributed by atoms with Crippen molar-refractivity contribution in [1.82, 2.24) is 4.90 Å². The van der Waals surface area contributed by atoms with Gasteiger partial charge in [0.2, 0.25) is 0 Å². The summed E-state index contributed by atoms with van der Waals surface area (Å²) < 4.78 is 0. The van der Waals surface area contributed by atoms with Gasteiger partial charge in [0.25, 0.3) is 5.91 Å². The number of hydrogen-bond donors (Lipinski definition) is 1. The van der Waals surface area contributed by atoms with Gasteiger partial charge < -0.3 is 10.2 Å². The van der Waals surface area contributed by atoms with Crippen LogP contribution in [-0.2, 0) is 6.54 Å². The molecule has 1 N–H and O–H groups in total. The molecule has 3 nitrogen and oxygen atoms in total. The molecule has 0 unspecified atom stereocenters. The molecule has 21 heavy (non-hydrogen) atoms. The largest absolute Gasteiger partial charge is 0.385 e. The van der Waals surface area contributed by atoms with E-state index in [0.717, 1.165) is 37.2 Å². The number of rotatable bonds is 6. The Hall–Kier alpha value is -1.81. The van der Waals surface area contributed by atoms with Crippen molar-refractivity contribution in [3.63, 3.8) is 0 Å². The first-order valence-electron chi connectivity index (χ1n) is 7.44. The fraction of sp³-hybridized carbons (Fsp3) is 0.353. The molecule has 1 aromatic heterocycles. The molecule has 1 aromatic carbocycles. The minimum atomic E-state index is 0.145. The molecular weight excluding hydrogens is 280 g/mol. The van der Waals surface area contributed by atoms with E-state index < -0.39 is 0 Å². The molecule has 0 radical (unpaired) electrons. The highest BCUT2D eigenvalue weighted by Gasteiger charge is 2.33. The van der Waals surface area contributed by atoms with E-state index in [4.69, 9.17) is 0 Å². The molecule has 1 fully saturated rings. The topological polar surface area (TPSA) is 32.3 Å². The summed E-state index contributed by atoms with van der Waals surface area (Å²) >= 11 is 1.68. The summed E-state index contributed by atoms with van der Waals surface area (Å²) in [6, 6.07) is 10.3. The van der Waals surface area contributed by atoms with E-state index >= 15 is 0 Å². The molecule has 2 aromatic rings. The average Bonchev–Trinajstić information content (AvgIpc) is 3.22. The maximum absolute atomic E-state index is 12.7. The number of hydrogen-bond acceptors (Lipinski definition) is 3. The van der Waals surface area contributed by atoms with Crippen molar-refractivity contribution < 1.29 is 4.79 Å². The summed E-state index contributed by atoms with van der Waals surface area (Å²) in [7, 11) is 0. The molecule has 110 valence electrons. The lowest BCUT2D eigenvalue weighted by atomic mass is 10.1. The molecule has 0 bridgehead atoms. The lowest BCUT2D eigenvalue weighted by Crippen LogP contribution is -2.32. The number of benzene rings is 1. The van der Waals surface area contributed by atoms with E-state index in [1.165, 1.54) is 5.56 Å². The van der Waals surface area contributed by atoms with Crippen LogP contribution in [0.3, 0.4) is 0 Å². The summed E-state index contributed by atoms with van der Waals surface area (Å²) in [5, 5.41) is 7.44. The van der Waals surface area contributed by atoms with Crippen molar-refractivity contribution in [3.05, 3.63) is 52.2 Å². The van der Waals surface area contributed by atoms with E-state index in [1.807, 2.05) is 29.2 Å². The maximum atomic E-state index is 12.7. The fourth-order valence-electron chi connectivity index (χ4n) is 2.43. The SMILES string of the molecule is CCNc1ccc(C(=O)N(Cc2ccsc2)C2CC2)cc1. The third-order valence-electron chi connectivity index (χ3n) is 3.69. The molecule has 1 heterocycles. The Bertz CT molecular complexity index is 588. The number of nitrogens with zero attached hydrogens (tertiary/aromatic N) is 1. The number of amides is 1. The Morgan fingerprint density at radius 3 is 2.62 bits per heavy atom. The first-order valence-corrected chi connectivity index (χ1v) is 8.38. The molecule has 1 saturated carbocycles. The maximum Gasteiger partial charge on any atom is 0.254 e. The quantitative estimate of drug-likeness (QED) is 0.875. The van der Waals surface area contributed by atoms with Crippen LogP contribution in [0.5, 0.6) is 0 Å². The van der Waals surface area contributed by atoms with E-state index in [9.17, 15) is 4.79 Å². The number of carbonyl (C=O) groups is 1. The van der Waals surface area contributed by atoms with Crippen LogP contribution in [0.2, 0.25) is 0 Å². The smallest absolute Gasteiger partial charge is 0.254 e. The Labute approximate surface area is 129 Å². The van der Waals surface area contributed by atoms with Gasteiger partial charge in [0, 0.05) is 30.4 Å². The van der Waals surface area contributed by atoms with Crippen molar-refractivity contribution in [2.45, 2.75) is 32.4 Å². The Morgan fingerprint density at radius 2 is 2.05 bits per heavy atom. The van der Waals surface area contributed by atoms with Crippen molar-refractivity contribution in [2.24, 2.45) is 0 Å². The second kappa shape index (κ2) is 6.31. The number of anilines is 1. The van der Waals surface area contributed by atoms with Crippen LogP contribution in [0.4, 0.5) is 5.69 Å². The summed E-state index contributed by atoms with van der Waals surface area (Å²) in [5.41, 5.74) is 3.06. The summed E-state index contributed by atoms with van der Waals surface area (Å²) in [4.78, 5) is 14.7. The number of nitrogens with one attached hydrogen (secondary N) is 1. The molecular formula is C17H20N2OS. The van der Waals surface area contributed by atoms with Crippen LogP contribution in [0.25, 0.3) is 0 Å². The van der Waals surface area contributed by atoms with E-state index in [0.29, 0.717) is 6.04 Å². The summed E-state index contributed by atoms with van der Waals surface area (Å²) in [6.45, 7) is 3.68. The fourth-order valence-corrected chi connectivity index (χ4v) is 3.09. The van der Waals surface area contributed by atoms with Gasteiger partial charge >= 0.3 is 0 Å². The molecule has 0 aliphatic heterocycles. The molecule has 1 amide bonds. The summed E-state index contributed by atoms with van der Waals surface area (Å²) in [6.07, 6.45) is 2.26. The molecule has 0 atom stereocenters. The van der Waals surface area contributed by atoms with Crippen LogP contribution in [0.15, 0.2) is 41.1 Å². The van der Waals surface area contributed by atoms with Gasteiger partial charge in [-0.25, -0.2) is 0 Å². The van der Waals surface area contributed by atoms with Crippen LogP contribution in [0, 0.1) is 0 Å². The summed E-state index contributed by atoms with van der Waals surface area (Å²) in [5.74, 6) is 0.145. The predicted molar refractivity (Wildman–Crippen MR) is 87.8 cm³/mol.